The molecule has 0 aliphatic rings. The number of ether oxygens (including phenoxy) is 1. The Hall–Kier alpha value is -2.01. The van der Waals surface area contributed by atoms with Gasteiger partial charge in [-0.25, -0.2) is 0 Å². The SMILES string of the molecule is Cc1cc(CNc2cccc(OCC(N)=O)c2)ccc1Br. The molecule has 4 nitrogen and oxygen atoms in total. The molecule has 0 aromatic heterocycles. The van der Waals surface area contributed by atoms with Crippen LogP contribution in [0.2, 0.25) is 0 Å². The summed E-state index contributed by atoms with van der Waals surface area (Å²) in [5.41, 5.74) is 8.38. The second kappa shape index (κ2) is 7.13. The van der Waals surface area contributed by atoms with Gasteiger partial charge in [0.15, 0.2) is 6.61 Å². The van der Waals surface area contributed by atoms with Crippen LogP contribution in [0.25, 0.3) is 0 Å². The molecule has 0 unspecified atom stereocenters. The van der Waals surface area contributed by atoms with Crippen LogP contribution in [0.15, 0.2) is 46.9 Å². The van der Waals surface area contributed by atoms with Gasteiger partial charge < -0.3 is 15.8 Å². The fourth-order valence-corrected chi connectivity index (χ4v) is 2.12. The van der Waals surface area contributed by atoms with Gasteiger partial charge in [0.05, 0.1) is 0 Å². The average molecular weight is 349 g/mol. The third kappa shape index (κ3) is 4.79. The molecule has 0 saturated carbocycles. The fourth-order valence-electron chi connectivity index (χ4n) is 1.87. The number of carbonyl (C=O) groups is 1. The van der Waals surface area contributed by atoms with Crippen LogP contribution in [0, 0.1) is 6.92 Å². The van der Waals surface area contributed by atoms with Crippen molar-refractivity contribution in [2.24, 2.45) is 5.73 Å². The highest BCUT2D eigenvalue weighted by molar-refractivity contribution is 9.10. The number of primary amides is 1. The molecule has 0 saturated heterocycles. The van der Waals surface area contributed by atoms with E-state index in [-0.39, 0.29) is 6.61 Å². The number of nitrogens with two attached hydrogens (primary N) is 1. The lowest BCUT2D eigenvalue weighted by molar-refractivity contribution is -0.119. The summed E-state index contributed by atoms with van der Waals surface area (Å²) in [6, 6.07) is 13.7. The number of amides is 1. The zero-order valence-electron chi connectivity index (χ0n) is 11.7. The Morgan fingerprint density at radius 1 is 1.29 bits per heavy atom. The second-order valence-electron chi connectivity index (χ2n) is 4.72. The molecule has 3 N–H and O–H groups in total. The highest BCUT2D eigenvalue weighted by atomic mass is 79.9. The normalized spacial score (nSPS) is 10.2. The van der Waals surface area contributed by atoms with Crippen molar-refractivity contribution in [1.29, 1.82) is 0 Å². The minimum absolute atomic E-state index is 0.116. The lowest BCUT2D eigenvalue weighted by Crippen LogP contribution is -2.20. The summed E-state index contributed by atoms with van der Waals surface area (Å²) in [6.45, 7) is 2.66. The van der Waals surface area contributed by atoms with Crippen LogP contribution >= 0.6 is 15.9 Å². The van der Waals surface area contributed by atoms with Crippen LogP contribution in [-0.2, 0) is 11.3 Å². The number of hydrogen-bond donors (Lipinski definition) is 2. The van der Waals surface area contributed by atoms with Crippen molar-refractivity contribution in [1.82, 2.24) is 0 Å². The summed E-state index contributed by atoms with van der Waals surface area (Å²) in [5.74, 6) is 0.129. The largest absolute Gasteiger partial charge is 0.484 e. The van der Waals surface area contributed by atoms with E-state index in [1.165, 1.54) is 11.1 Å². The van der Waals surface area contributed by atoms with Crippen LogP contribution in [-0.4, -0.2) is 12.5 Å². The summed E-state index contributed by atoms with van der Waals surface area (Å²) in [6.07, 6.45) is 0. The maximum Gasteiger partial charge on any atom is 0.255 e. The number of aryl methyl sites for hydroxylation is 1. The van der Waals surface area contributed by atoms with E-state index in [1.54, 1.807) is 6.07 Å². The summed E-state index contributed by atoms with van der Waals surface area (Å²) in [4.78, 5) is 10.7. The van der Waals surface area contributed by atoms with Gasteiger partial charge >= 0.3 is 0 Å². The van der Waals surface area contributed by atoms with Crippen molar-refractivity contribution in [3.8, 4) is 5.75 Å². The van der Waals surface area contributed by atoms with E-state index in [4.69, 9.17) is 10.5 Å². The molecule has 0 radical (unpaired) electrons. The Kier molecular flexibility index (Phi) is 5.22. The molecule has 0 spiro atoms. The van der Waals surface area contributed by atoms with E-state index in [2.05, 4.69) is 40.3 Å². The quantitative estimate of drug-likeness (QED) is 0.842. The summed E-state index contributed by atoms with van der Waals surface area (Å²) in [5, 5.41) is 3.32. The first-order valence-corrected chi connectivity index (χ1v) is 7.34. The third-order valence-electron chi connectivity index (χ3n) is 2.93. The molecule has 2 rings (SSSR count). The first-order chi connectivity index (χ1) is 10.0. The first-order valence-electron chi connectivity index (χ1n) is 6.54. The van der Waals surface area contributed by atoms with Crippen LogP contribution in [0.5, 0.6) is 5.75 Å². The smallest absolute Gasteiger partial charge is 0.255 e. The molecule has 0 bridgehead atoms. The Balaban J connectivity index is 1.97. The van der Waals surface area contributed by atoms with E-state index in [1.807, 2.05) is 24.3 Å². The van der Waals surface area contributed by atoms with E-state index in [0.29, 0.717) is 12.3 Å². The molecule has 0 heterocycles. The number of benzene rings is 2. The van der Waals surface area contributed by atoms with Crippen molar-refractivity contribution in [3.05, 3.63) is 58.1 Å². The Morgan fingerprint density at radius 3 is 2.81 bits per heavy atom. The molecular formula is C16H17BrN2O2. The molecule has 0 fully saturated rings. The topological polar surface area (TPSA) is 64.3 Å². The van der Waals surface area contributed by atoms with Crippen LogP contribution in [0.4, 0.5) is 5.69 Å². The number of hydrogen-bond acceptors (Lipinski definition) is 3. The van der Waals surface area contributed by atoms with Gasteiger partial charge in [-0.3, -0.25) is 4.79 Å². The molecule has 0 aliphatic carbocycles. The Labute approximate surface area is 132 Å². The van der Waals surface area contributed by atoms with Crippen molar-refractivity contribution in [3.63, 3.8) is 0 Å². The van der Waals surface area contributed by atoms with E-state index < -0.39 is 5.91 Å². The molecule has 110 valence electrons. The summed E-state index contributed by atoms with van der Waals surface area (Å²) in [7, 11) is 0. The minimum atomic E-state index is -0.487. The minimum Gasteiger partial charge on any atom is -0.484 e. The lowest BCUT2D eigenvalue weighted by Gasteiger charge is -2.10. The van der Waals surface area contributed by atoms with Gasteiger partial charge in [-0.2, -0.15) is 0 Å². The molecule has 5 heteroatoms. The van der Waals surface area contributed by atoms with E-state index >= 15 is 0 Å². The number of nitrogens with one attached hydrogen (secondary N) is 1. The van der Waals surface area contributed by atoms with Crippen molar-refractivity contribution in [2.75, 3.05) is 11.9 Å². The number of halogens is 1. The lowest BCUT2D eigenvalue weighted by atomic mass is 10.1. The molecule has 0 aliphatic heterocycles. The first kappa shape index (κ1) is 15.4. The zero-order valence-corrected chi connectivity index (χ0v) is 13.3. The van der Waals surface area contributed by atoms with E-state index in [0.717, 1.165) is 10.2 Å². The zero-order chi connectivity index (χ0) is 15.2. The molecule has 21 heavy (non-hydrogen) atoms. The predicted molar refractivity (Wildman–Crippen MR) is 87.3 cm³/mol. The average Bonchev–Trinajstić information content (AvgIpc) is 2.47. The van der Waals surface area contributed by atoms with Gasteiger partial charge in [0.1, 0.15) is 5.75 Å². The van der Waals surface area contributed by atoms with E-state index in [9.17, 15) is 4.79 Å². The monoisotopic (exact) mass is 348 g/mol. The Morgan fingerprint density at radius 2 is 2.10 bits per heavy atom. The number of carbonyl (C=O) groups excluding carboxylic acids is 1. The summed E-state index contributed by atoms with van der Waals surface area (Å²) < 4.78 is 6.38. The molecule has 1 amide bonds. The van der Waals surface area contributed by atoms with Crippen molar-refractivity contribution >= 4 is 27.5 Å². The van der Waals surface area contributed by atoms with Gasteiger partial charge in [-0.15, -0.1) is 0 Å². The maximum absolute atomic E-state index is 10.7. The van der Waals surface area contributed by atoms with Gasteiger partial charge in [0.2, 0.25) is 0 Å². The standard InChI is InChI=1S/C16H17BrN2O2/c1-11-7-12(5-6-15(11)17)9-19-13-3-2-4-14(8-13)21-10-16(18)20/h2-8,19H,9-10H2,1H3,(H2,18,20). The molecule has 0 atom stereocenters. The van der Waals surface area contributed by atoms with Gasteiger partial charge in [0.25, 0.3) is 5.91 Å². The number of anilines is 1. The molecule has 2 aromatic rings. The molecular weight excluding hydrogens is 332 g/mol. The summed E-state index contributed by atoms with van der Waals surface area (Å²) >= 11 is 3.49. The van der Waals surface area contributed by atoms with Crippen LogP contribution < -0.4 is 15.8 Å². The van der Waals surface area contributed by atoms with Gasteiger partial charge in [0, 0.05) is 22.8 Å². The second-order valence-corrected chi connectivity index (χ2v) is 5.57. The van der Waals surface area contributed by atoms with Crippen LogP contribution in [0.1, 0.15) is 11.1 Å². The van der Waals surface area contributed by atoms with Crippen molar-refractivity contribution in [2.45, 2.75) is 13.5 Å². The van der Waals surface area contributed by atoms with Crippen LogP contribution in [0.3, 0.4) is 0 Å². The number of rotatable bonds is 6. The maximum atomic E-state index is 10.7. The van der Waals surface area contributed by atoms with Gasteiger partial charge in [-0.05, 0) is 36.2 Å². The Bertz CT molecular complexity index is 644. The molecule has 2 aromatic carbocycles. The third-order valence-corrected chi connectivity index (χ3v) is 3.82. The fraction of sp³-hybridized carbons (Fsp3) is 0.188. The predicted octanol–water partition coefficient (Wildman–Crippen LogP) is 3.23. The van der Waals surface area contributed by atoms with Gasteiger partial charge in [-0.1, -0.05) is 34.1 Å². The highest BCUT2D eigenvalue weighted by Crippen LogP contribution is 2.20. The van der Waals surface area contributed by atoms with Crippen molar-refractivity contribution < 1.29 is 9.53 Å². The highest BCUT2D eigenvalue weighted by Gasteiger charge is 2.01.